The van der Waals surface area contributed by atoms with Crippen LogP contribution in [0.3, 0.4) is 0 Å². The van der Waals surface area contributed by atoms with Crippen molar-refractivity contribution < 1.29 is 4.39 Å². The van der Waals surface area contributed by atoms with Crippen LogP contribution in [0.2, 0.25) is 0 Å². The predicted octanol–water partition coefficient (Wildman–Crippen LogP) is 3.53. The third-order valence-electron chi connectivity index (χ3n) is 2.61. The van der Waals surface area contributed by atoms with Crippen molar-refractivity contribution in [3.8, 4) is 0 Å². The maximum atomic E-state index is 12.7. The van der Waals surface area contributed by atoms with Crippen molar-refractivity contribution >= 4 is 13.5 Å². The van der Waals surface area contributed by atoms with Crippen molar-refractivity contribution in [2.75, 3.05) is 0 Å². The summed E-state index contributed by atoms with van der Waals surface area (Å²) in [6, 6.07) is 7.45. The van der Waals surface area contributed by atoms with Gasteiger partial charge in [-0.15, -0.1) is 5.98 Å². The summed E-state index contributed by atoms with van der Waals surface area (Å²) < 4.78 is 12.7. The molecule has 1 aromatic rings. The van der Waals surface area contributed by atoms with E-state index in [1.807, 2.05) is 12.1 Å². The van der Waals surface area contributed by atoms with E-state index in [1.165, 1.54) is 12.1 Å². The SMILES string of the molecule is CC(C)N([B]/C=C/c1ccc(F)cc1)C(C)C. The van der Waals surface area contributed by atoms with Crippen molar-refractivity contribution in [2.24, 2.45) is 0 Å². The van der Waals surface area contributed by atoms with Crippen LogP contribution in [0.25, 0.3) is 6.08 Å². The zero-order valence-electron chi connectivity index (χ0n) is 11.0. The highest BCUT2D eigenvalue weighted by atomic mass is 19.1. The molecule has 0 amide bonds. The van der Waals surface area contributed by atoms with E-state index in [9.17, 15) is 4.39 Å². The quantitative estimate of drug-likeness (QED) is 0.702. The van der Waals surface area contributed by atoms with Crippen LogP contribution >= 0.6 is 0 Å². The van der Waals surface area contributed by atoms with Gasteiger partial charge < -0.3 is 4.81 Å². The first-order valence-electron chi connectivity index (χ1n) is 6.05. The van der Waals surface area contributed by atoms with Gasteiger partial charge in [0.25, 0.3) is 0 Å². The summed E-state index contributed by atoms with van der Waals surface area (Å²) >= 11 is 0. The summed E-state index contributed by atoms with van der Waals surface area (Å²) in [5.41, 5.74) is 1.01. The number of hydrogen-bond acceptors (Lipinski definition) is 1. The van der Waals surface area contributed by atoms with E-state index in [0.29, 0.717) is 12.1 Å². The Kier molecular flexibility index (Phi) is 5.43. The molecule has 0 aliphatic rings. The van der Waals surface area contributed by atoms with Gasteiger partial charge in [-0.2, -0.15) is 0 Å². The molecule has 1 radical (unpaired) electrons. The Balaban J connectivity index is 2.57. The Morgan fingerprint density at radius 1 is 1.06 bits per heavy atom. The average molecular weight is 232 g/mol. The lowest BCUT2D eigenvalue weighted by Gasteiger charge is -2.28. The molecular weight excluding hydrogens is 212 g/mol. The Morgan fingerprint density at radius 3 is 2.06 bits per heavy atom. The first-order chi connectivity index (χ1) is 8.00. The fourth-order valence-corrected chi connectivity index (χ4v) is 1.77. The number of benzene rings is 1. The zero-order valence-corrected chi connectivity index (χ0v) is 11.0. The monoisotopic (exact) mass is 232 g/mol. The van der Waals surface area contributed by atoms with Crippen molar-refractivity contribution in [1.82, 2.24) is 4.81 Å². The van der Waals surface area contributed by atoms with Gasteiger partial charge in [-0.3, -0.25) is 0 Å². The molecule has 1 rings (SSSR count). The second-order valence-electron chi connectivity index (χ2n) is 4.69. The van der Waals surface area contributed by atoms with Crippen molar-refractivity contribution in [3.05, 3.63) is 41.6 Å². The van der Waals surface area contributed by atoms with Crippen LogP contribution in [-0.2, 0) is 0 Å². The molecule has 0 saturated heterocycles. The lowest BCUT2D eigenvalue weighted by atomic mass is 9.86. The molecule has 0 N–H and O–H groups in total. The van der Waals surface area contributed by atoms with Crippen molar-refractivity contribution in [2.45, 2.75) is 39.8 Å². The summed E-state index contributed by atoms with van der Waals surface area (Å²) in [7, 11) is 2.08. The van der Waals surface area contributed by atoms with Gasteiger partial charge in [-0.1, -0.05) is 45.9 Å². The van der Waals surface area contributed by atoms with Crippen molar-refractivity contribution in [1.29, 1.82) is 0 Å². The van der Waals surface area contributed by atoms with Gasteiger partial charge in [0.05, 0.1) is 0 Å². The van der Waals surface area contributed by atoms with Gasteiger partial charge in [-0.25, -0.2) is 4.39 Å². The molecule has 1 nitrogen and oxygen atoms in total. The Morgan fingerprint density at radius 2 is 1.59 bits per heavy atom. The minimum absolute atomic E-state index is 0.197. The minimum Gasteiger partial charge on any atom is -0.338 e. The fraction of sp³-hybridized carbons (Fsp3) is 0.429. The average Bonchev–Trinajstić information content (AvgIpc) is 2.25. The molecule has 0 fully saturated rings. The van der Waals surface area contributed by atoms with Crippen LogP contribution in [0.1, 0.15) is 33.3 Å². The highest BCUT2D eigenvalue weighted by Crippen LogP contribution is 2.06. The van der Waals surface area contributed by atoms with Crippen LogP contribution < -0.4 is 0 Å². The molecule has 3 heteroatoms. The molecule has 0 saturated carbocycles. The third-order valence-corrected chi connectivity index (χ3v) is 2.61. The van der Waals surface area contributed by atoms with E-state index < -0.39 is 0 Å². The molecule has 0 bridgehead atoms. The first-order valence-corrected chi connectivity index (χ1v) is 6.05. The highest BCUT2D eigenvalue weighted by Gasteiger charge is 2.11. The second kappa shape index (κ2) is 6.60. The molecular formula is C14H20BFN. The van der Waals surface area contributed by atoms with Gasteiger partial charge in [0.1, 0.15) is 5.82 Å². The van der Waals surface area contributed by atoms with Crippen LogP contribution in [0.5, 0.6) is 0 Å². The van der Waals surface area contributed by atoms with E-state index in [2.05, 4.69) is 39.9 Å². The van der Waals surface area contributed by atoms with Gasteiger partial charge in [-0.05, 0) is 29.8 Å². The Labute approximate surface area is 105 Å². The third kappa shape index (κ3) is 4.74. The summed E-state index contributed by atoms with van der Waals surface area (Å²) in [5.74, 6) is 1.81. The fourth-order valence-electron chi connectivity index (χ4n) is 1.77. The molecule has 0 aliphatic heterocycles. The molecule has 0 heterocycles. The molecule has 17 heavy (non-hydrogen) atoms. The maximum Gasteiger partial charge on any atom is 0.239 e. The van der Waals surface area contributed by atoms with E-state index in [0.717, 1.165) is 5.56 Å². The molecule has 0 spiro atoms. The van der Waals surface area contributed by atoms with Crippen molar-refractivity contribution in [3.63, 3.8) is 0 Å². The topological polar surface area (TPSA) is 3.24 Å². The standard InChI is InChI=1S/C14H20BFN/c1-11(2)17(12(3)4)15-10-9-13-5-7-14(16)8-6-13/h5-12H,1-4H3/b10-9+. The summed E-state index contributed by atoms with van der Waals surface area (Å²) in [5, 5.41) is 0. The summed E-state index contributed by atoms with van der Waals surface area (Å²) in [6.07, 6.45) is 1.98. The lowest BCUT2D eigenvalue weighted by molar-refractivity contribution is 0.315. The zero-order chi connectivity index (χ0) is 12.8. The number of hydrogen-bond donors (Lipinski definition) is 0. The second-order valence-corrected chi connectivity index (χ2v) is 4.69. The molecule has 0 unspecified atom stereocenters. The molecule has 91 valence electrons. The molecule has 1 aromatic carbocycles. The van der Waals surface area contributed by atoms with Crippen LogP contribution in [0.15, 0.2) is 30.2 Å². The van der Waals surface area contributed by atoms with Crippen LogP contribution in [0.4, 0.5) is 4.39 Å². The van der Waals surface area contributed by atoms with E-state index in [4.69, 9.17) is 0 Å². The van der Waals surface area contributed by atoms with Gasteiger partial charge in [0.15, 0.2) is 0 Å². The van der Waals surface area contributed by atoms with Crippen LogP contribution in [-0.4, -0.2) is 24.3 Å². The Bertz CT molecular complexity index is 349. The number of rotatable bonds is 5. The number of nitrogens with zero attached hydrogens (tertiary/aromatic N) is 1. The van der Waals surface area contributed by atoms with E-state index >= 15 is 0 Å². The van der Waals surface area contributed by atoms with E-state index in [1.54, 1.807) is 12.1 Å². The normalized spacial score (nSPS) is 12.0. The Hall–Kier alpha value is -1.09. The summed E-state index contributed by atoms with van der Waals surface area (Å²) in [4.78, 5) is 2.28. The van der Waals surface area contributed by atoms with E-state index in [-0.39, 0.29) is 5.82 Å². The highest BCUT2D eigenvalue weighted by molar-refractivity contribution is 6.40. The molecule has 0 atom stereocenters. The van der Waals surface area contributed by atoms with Gasteiger partial charge >= 0.3 is 0 Å². The summed E-state index contributed by atoms with van der Waals surface area (Å²) in [6.45, 7) is 8.68. The van der Waals surface area contributed by atoms with Gasteiger partial charge in [0.2, 0.25) is 7.41 Å². The van der Waals surface area contributed by atoms with Crippen LogP contribution in [0, 0.1) is 5.82 Å². The maximum absolute atomic E-state index is 12.7. The largest absolute Gasteiger partial charge is 0.338 e. The molecule has 0 aliphatic carbocycles. The predicted molar refractivity (Wildman–Crippen MR) is 73.3 cm³/mol. The minimum atomic E-state index is -0.197. The first kappa shape index (κ1) is 14.0. The smallest absolute Gasteiger partial charge is 0.239 e. The molecule has 0 aromatic heterocycles. The van der Waals surface area contributed by atoms with Gasteiger partial charge in [0, 0.05) is 0 Å². The lowest BCUT2D eigenvalue weighted by Crippen LogP contribution is -2.39. The number of halogens is 1.